The maximum atomic E-state index is 12.8. The van der Waals surface area contributed by atoms with Crippen molar-refractivity contribution in [3.63, 3.8) is 0 Å². The van der Waals surface area contributed by atoms with Gasteiger partial charge in [-0.3, -0.25) is 14.4 Å². The summed E-state index contributed by atoms with van der Waals surface area (Å²) in [5.74, 6) is -1.70. The van der Waals surface area contributed by atoms with Crippen molar-refractivity contribution < 1.29 is 24.6 Å². The molecule has 0 saturated carbocycles. The van der Waals surface area contributed by atoms with Gasteiger partial charge in [-0.2, -0.15) is 0 Å². The molecule has 0 amide bonds. The molecule has 0 radical (unpaired) electrons. The van der Waals surface area contributed by atoms with E-state index < -0.39 is 11.6 Å². The van der Waals surface area contributed by atoms with Crippen LogP contribution in [0.25, 0.3) is 0 Å². The highest BCUT2D eigenvalue weighted by Crippen LogP contribution is 2.46. The Bertz CT molecular complexity index is 971. The Labute approximate surface area is 143 Å². The highest BCUT2D eigenvalue weighted by molar-refractivity contribution is 6.30. The van der Waals surface area contributed by atoms with Gasteiger partial charge in [-0.1, -0.05) is 24.3 Å². The third-order valence-corrected chi connectivity index (χ3v) is 5.30. The van der Waals surface area contributed by atoms with Gasteiger partial charge in [-0.05, 0) is 26.2 Å². The molecule has 0 fully saturated rings. The molecule has 126 valence electrons. The SMILES string of the molecule is CC(=O)[C@H]1CCc2c(O)c3c(c(O)c2C1)C(=O)c1ccccc1C3=O. The van der Waals surface area contributed by atoms with E-state index in [1.165, 1.54) is 13.0 Å². The predicted molar refractivity (Wildman–Crippen MR) is 89.3 cm³/mol. The molecule has 0 aliphatic heterocycles. The standard InChI is InChI=1S/C20H16O5/c1-9(21)10-6-7-13-14(8-10)20(25)16-15(19(13)24)17(22)11-4-2-3-5-12(11)18(16)23/h2-5,10,24-25H,6-8H2,1H3/t10-/m0/s1. The van der Waals surface area contributed by atoms with Gasteiger partial charge in [0.15, 0.2) is 11.6 Å². The molecular formula is C20H16O5. The van der Waals surface area contributed by atoms with Crippen LogP contribution in [-0.2, 0) is 17.6 Å². The molecule has 0 unspecified atom stereocenters. The Hall–Kier alpha value is -2.95. The van der Waals surface area contributed by atoms with Gasteiger partial charge in [0.05, 0.1) is 11.1 Å². The van der Waals surface area contributed by atoms with Crippen LogP contribution in [0.3, 0.4) is 0 Å². The normalized spacial score (nSPS) is 18.4. The van der Waals surface area contributed by atoms with E-state index in [0.717, 1.165) is 0 Å². The number of hydrogen-bond acceptors (Lipinski definition) is 5. The molecule has 0 saturated heterocycles. The average Bonchev–Trinajstić information content (AvgIpc) is 2.62. The van der Waals surface area contributed by atoms with Crippen LogP contribution in [0, 0.1) is 5.92 Å². The molecule has 1 atom stereocenters. The smallest absolute Gasteiger partial charge is 0.198 e. The summed E-state index contributed by atoms with van der Waals surface area (Å²) in [6.07, 6.45) is 1.20. The predicted octanol–water partition coefficient (Wildman–Crippen LogP) is 2.57. The Kier molecular flexibility index (Phi) is 3.29. The molecule has 2 aromatic rings. The lowest BCUT2D eigenvalue weighted by Crippen LogP contribution is -2.26. The van der Waals surface area contributed by atoms with Gasteiger partial charge < -0.3 is 10.2 Å². The van der Waals surface area contributed by atoms with E-state index in [4.69, 9.17) is 0 Å². The second-order valence-electron chi connectivity index (χ2n) is 6.66. The van der Waals surface area contributed by atoms with Gasteiger partial charge in [-0.25, -0.2) is 0 Å². The van der Waals surface area contributed by atoms with Crippen LogP contribution in [0.4, 0.5) is 0 Å². The van der Waals surface area contributed by atoms with E-state index in [2.05, 4.69) is 0 Å². The van der Waals surface area contributed by atoms with Crippen LogP contribution in [0.2, 0.25) is 0 Å². The van der Waals surface area contributed by atoms with Crippen molar-refractivity contribution in [2.24, 2.45) is 5.92 Å². The number of benzene rings is 2. The highest BCUT2D eigenvalue weighted by atomic mass is 16.3. The lowest BCUT2D eigenvalue weighted by atomic mass is 9.75. The number of fused-ring (bicyclic) bond motifs is 3. The fourth-order valence-corrected chi connectivity index (χ4v) is 3.92. The molecule has 4 rings (SSSR count). The first-order chi connectivity index (χ1) is 11.9. The van der Waals surface area contributed by atoms with E-state index in [0.29, 0.717) is 24.0 Å². The van der Waals surface area contributed by atoms with Gasteiger partial charge >= 0.3 is 0 Å². The second-order valence-corrected chi connectivity index (χ2v) is 6.66. The largest absolute Gasteiger partial charge is 0.507 e. The zero-order valence-electron chi connectivity index (χ0n) is 13.6. The number of carbonyl (C=O) groups excluding carboxylic acids is 3. The molecule has 5 heteroatoms. The van der Waals surface area contributed by atoms with Gasteiger partial charge in [-0.15, -0.1) is 0 Å². The number of Topliss-reactive ketones (excluding diaryl/α,β-unsaturated/α-hetero) is 1. The fourth-order valence-electron chi connectivity index (χ4n) is 3.92. The van der Waals surface area contributed by atoms with Gasteiger partial charge in [0.25, 0.3) is 0 Å². The van der Waals surface area contributed by atoms with Crippen LogP contribution >= 0.6 is 0 Å². The molecular weight excluding hydrogens is 320 g/mol. The van der Waals surface area contributed by atoms with Crippen molar-refractivity contribution in [2.45, 2.75) is 26.2 Å². The van der Waals surface area contributed by atoms with Gasteiger partial charge in [0, 0.05) is 28.2 Å². The van der Waals surface area contributed by atoms with E-state index >= 15 is 0 Å². The van der Waals surface area contributed by atoms with Crippen LogP contribution < -0.4 is 0 Å². The molecule has 2 aliphatic rings. The third kappa shape index (κ3) is 2.05. The van der Waals surface area contributed by atoms with Crippen LogP contribution in [0.1, 0.15) is 56.3 Å². The molecule has 5 nitrogen and oxygen atoms in total. The lowest BCUT2D eigenvalue weighted by molar-refractivity contribution is -0.121. The summed E-state index contributed by atoms with van der Waals surface area (Å²) in [7, 11) is 0. The summed E-state index contributed by atoms with van der Waals surface area (Å²) < 4.78 is 0. The number of hydrogen-bond donors (Lipinski definition) is 2. The number of carbonyl (C=O) groups is 3. The van der Waals surface area contributed by atoms with Crippen molar-refractivity contribution >= 4 is 17.3 Å². The quantitative estimate of drug-likeness (QED) is 0.666. The van der Waals surface area contributed by atoms with E-state index in [1.807, 2.05) is 0 Å². The molecule has 0 spiro atoms. The molecule has 0 heterocycles. The van der Waals surface area contributed by atoms with Gasteiger partial charge in [0.1, 0.15) is 17.3 Å². The van der Waals surface area contributed by atoms with Crippen molar-refractivity contribution in [1.82, 2.24) is 0 Å². The number of phenolic OH excluding ortho intramolecular Hbond substituents is 2. The first-order valence-electron chi connectivity index (χ1n) is 8.20. The Morgan fingerprint density at radius 1 is 0.960 bits per heavy atom. The minimum absolute atomic E-state index is 0.00927. The maximum absolute atomic E-state index is 12.8. The summed E-state index contributed by atoms with van der Waals surface area (Å²) in [5.41, 5.74) is 1.04. The zero-order chi connectivity index (χ0) is 17.9. The number of ketones is 3. The molecule has 25 heavy (non-hydrogen) atoms. The van der Waals surface area contributed by atoms with Crippen LogP contribution in [0.15, 0.2) is 24.3 Å². The number of phenols is 2. The van der Waals surface area contributed by atoms with Crippen LogP contribution in [-0.4, -0.2) is 27.6 Å². The summed E-state index contributed by atoms with van der Waals surface area (Å²) in [5, 5.41) is 21.4. The number of aromatic hydroxyl groups is 2. The molecule has 2 aromatic carbocycles. The van der Waals surface area contributed by atoms with E-state index in [-0.39, 0.29) is 51.9 Å². The van der Waals surface area contributed by atoms with Crippen LogP contribution in [0.5, 0.6) is 11.5 Å². The number of rotatable bonds is 1. The minimum atomic E-state index is -0.481. The monoisotopic (exact) mass is 336 g/mol. The van der Waals surface area contributed by atoms with Crippen molar-refractivity contribution in [2.75, 3.05) is 0 Å². The second kappa shape index (κ2) is 5.28. The van der Waals surface area contributed by atoms with E-state index in [1.54, 1.807) is 18.2 Å². The summed E-state index contributed by atoms with van der Waals surface area (Å²) >= 11 is 0. The summed E-state index contributed by atoms with van der Waals surface area (Å²) in [6.45, 7) is 1.50. The summed E-state index contributed by atoms with van der Waals surface area (Å²) in [6, 6.07) is 6.38. The average molecular weight is 336 g/mol. The van der Waals surface area contributed by atoms with Crippen molar-refractivity contribution in [3.05, 3.63) is 57.6 Å². The minimum Gasteiger partial charge on any atom is -0.507 e. The summed E-state index contributed by atoms with van der Waals surface area (Å²) in [4.78, 5) is 37.4. The third-order valence-electron chi connectivity index (χ3n) is 5.30. The van der Waals surface area contributed by atoms with Gasteiger partial charge in [0.2, 0.25) is 0 Å². The Morgan fingerprint density at radius 2 is 1.48 bits per heavy atom. The van der Waals surface area contributed by atoms with Crippen molar-refractivity contribution in [3.8, 4) is 11.5 Å². The Morgan fingerprint density at radius 3 is 2.00 bits per heavy atom. The highest BCUT2D eigenvalue weighted by Gasteiger charge is 2.39. The van der Waals surface area contributed by atoms with E-state index in [9.17, 15) is 24.6 Å². The molecule has 2 aliphatic carbocycles. The molecule has 0 aromatic heterocycles. The first kappa shape index (κ1) is 15.6. The molecule has 2 N–H and O–H groups in total. The maximum Gasteiger partial charge on any atom is 0.198 e. The molecule has 0 bridgehead atoms. The zero-order valence-corrected chi connectivity index (χ0v) is 13.6. The Balaban J connectivity index is 1.99. The fraction of sp³-hybridized carbons (Fsp3) is 0.250. The van der Waals surface area contributed by atoms with Crippen molar-refractivity contribution in [1.29, 1.82) is 0 Å². The lowest BCUT2D eigenvalue weighted by Gasteiger charge is -2.28. The topological polar surface area (TPSA) is 91.7 Å². The first-order valence-corrected chi connectivity index (χ1v) is 8.20.